The zero-order valence-electron chi connectivity index (χ0n) is 13.0. The summed E-state index contributed by atoms with van der Waals surface area (Å²) in [5.74, 6) is 1.14. The minimum atomic E-state index is 0.400. The number of hydrogen-bond donors (Lipinski definition) is 2. The quantitative estimate of drug-likeness (QED) is 0.547. The molecule has 5 nitrogen and oxygen atoms in total. The molecule has 5 heteroatoms. The van der Waals surface area contributed by atoms with Crippen molar-refractivity contribution in [1.82, 2.24) is 15.1 Å². The van der Waals surface area contributed by atoms with E-state index in [0.717, 1.165) is 19.5 Å². The summed E-state index contributed by atoms with van der Waals surface area (Å²) in [7, 11) is 2.19. The summed E-state index contributed by atoms with van der Waals surface area (Å²) >= 11 is 0. The highest BCUT2D eigenvalue weighted by molar-refractivity contribution is 5.78. The highest BCUT2D eigenvalue weighted by Crippen LogP contribution is 2.04. The van der Waals surface area contributed by atoms with Crippen LogP contribution in [0.15, 0.2) is 4.99 Å². The van der Waals surface area contributed by atoms with Gasteiger partial charge in [0, 0.05) is 45.3 Å². The molecule has 3 N–H and O–H groups in total. The number of likely N-dealkylation sites (N-methyl/N-ethyl adjacent to an activating group) is 1. The molecule has 1 aliphatic heterocycles. The summed E-state index contributed by atoms with van der Waals surface area (Å²) in [6, 6.07) is 0.400. The molecule has 0 saturated carbocycles. The molecule has 0 amide bonds. The molecule has 1 saturated heterocycles. The molecular formula is C14H31N5. The number of rotatable bonds is 6. The van der Waals surface area contributed by atoms with Gasteiger partial charge in [-0.15, -0.1) is 0 Å². The zero-order valence-corrected chi connectivity index (χ0v) is 13.0. The molecule has 0 spiro atoms. The fourth-order valence-corrected chi connectivity index (χ4v) is 2.18. The maximum Gasteiger partial charge on any atom is 0.188 e. The lowest BCUT2D eigenvalue weighted by atomic mass is 10.1. The van der Waals surface area contributed by atoms with E-state index in [0.29, 0.717) is 17.9 Å². The second-order valence-corrected chi connectivity index (χ2v) is 5.89. The van der Waals surface area contributed by atoms with Crippen molar-refractivity contribution in [2.45, 2.75) is 33.2 Å². The summed E-state index contributed by atoms with van der Waals surface area (Å²) in [4.78, 5) is 9.35. The Balaban J connectivity index is 2.23. The lowest BCUT2D eigenvalue weighted by Gasteiger charge is -2.33. The van der Waals surface area contributed by atoms with Gasteiger partial charge in [-0.2, -0.15) is 0 Å². The molecule has 1 heterocycles. The second-order valence-electron chi connectivity index (χ2n) is 5.89. The van der Waals surface area contributed by atoms with Crippen molar-refractivity contribution in [3.8, 4) is 0 Å². The first-order valence-electron chi connectivity index (χ1n) is 7.48. The van der Waals surface area contributed by atoms with E-state index in [9.17, 15) is 0 Å². The van der Waals surface area contributed by atoms with Crippen LogP contribution in [-0.4, -0.2) is 68.1 Å². The Hall–Kier alpha value is -0.810. The van der Waals surface area contributed by atoms with Gasteiger partial charge < -0.3 is 20.9 Å². The SMILES string of the molecule is CCC(C)NC(N)=NCC(C)CN1CCN(C)CC1. The summed E-state index contributed by atoms with van der Waals surface area (Å²) in [6.45, 7) is 13.1. The van der Waals surface area contributed by atoms with Gasteiger partial charge >= 0.3 is 0 Å². The van der Waals surface area contributed by atoms with Gasteiger partial charge in [0.15, 0.2) is 5.96 Å². The van der Waals surface area contributed by atoms with Gasteiger partial charge in [0.2, 0.25) is 0 Å². The number of nitrogens with one attached hydrogen (secondary N) is 1. The van der Waals surface area contributed by atoms with Crippen LogP contribution in [0.2, 0.25) is 0 Å². The minimum absolute atomic E-state index is 0.400. The molecule has 1 rings (SSSR count). The number of nitrogens with two attached hydrogens (primary N) is 1. The van der Waals surface area contributed by atoms with Crippen LogP contribution in [0, 0.1) is 5.92 Å². The van der Waals surface area contributed by atoms with Crippen LogP contribution in [0.3, 0.4) is 0 Å². The average molecular weight is 269 g/mol. The molecule has 1 aliphatic rings. The predicted molar refractivity (Wildman–Crippen MR) is 82.5 cm³/mol. The molecule has 112 valence electrons. The van der Waals surface area contributed by atoms with Crippen LogP contribution in [0.4, 0.5) is 0 Å². The van der Waals surface area contributed by atoms with Crippen LogP contribution < -0.4 is 11.1 Å². The highest BCUT2D eigenvalue weighted by atomic mass is 15.2. The van der Waals surface area contributed by atoms with E-state index in [1.165, 1.54) is 26.2 Å². The van der Waals surface area contributed by atoms with Crippen molar-refractivity contribution in [2.75, 3.05) is 46.3 Å². The topological polar surface area (TPSA) is 56.9 Å². The van der Waals surface area contributed by atoms with Gasteiger partial charge in [-0.25, -0.2) is 0 Å². The number of nitrogens with zero attached hydrogens (tertiary/aromatic N) is 3. The molecule has 2 unspecified atom stereocenters. The Labute approximate surface area is 118 Å². The number of piperazine rings is 1. The molecule has 0 bridgehead atoms. The predicted octanol–water partition coefficient (Wildman–Crippen LogP) is 0.573. The third-order valence-electron chi connectivity index (χ3n) is 3.75. The smallest absolute Gasteiger partial charge is 0.188 e. The molecule has 0 aliphatic carbocycles. The first kappa shape index (κ1) is 16.2. The lowest BCUT2D eigenvalue weighted by Crippen LogP contribution is -2.46. The van der Waals surface area contributed by atoms with E-state index in [2.05, 4.69) is 47.9 Å². The third kappa shape index (κ3) is 6.78. The average Bonchev–Trinajstić information content (AvgIpc) is 2.39. The van der Waals surface area contributed by atoms with Crippen molar-refractivity contribution in [1.29, 1.82) is 0 Å². The Bertz CT molecular complexity index is 271. The van der Waals surface area contributed by atoms with Crippen LogP contribution in [0.5, 0.6) is 0 Å². The van der Waals surface area contributed by atoms with Gasteiger partial charge in [0.05, 0.1) is 0 Å². The van der Waals surface area contributed by atoms with Crippen molar-refractivity contribution in [3.63, 3.8) is 0 Å². The van der Waals surface area contributed by atoms with E-state index < -0.39 is 0 Å². The van der Waals surface area contributed by atoms with Crippen LogP contribution in [0.1, 0.15) is 27.2 Å². The van der Waals surface area contributed by atoms with Gasteiger partial charge in [0.1, 0.15) is 0 Å². The molecule has 0 aromatic carbocycles. The standard InChI is InChI=1S/C14H31N5/c1-5-13(3)17-14(15)16-10-12(2)11-19-8-6-18(4)7-9-19/h12-13H,5-11H2,1-4H3,(H3,15,16,17). The van der Waals surface area contributed by atoms with Gasteiger partial charge in [-0.05, 0) is 26.3 Å². The molecule has 1 fully saturated rings. The van der Waals surface area contributed by atoms with Gasteiger partial charge in [-0.3, -0.25) is 4.99 Å². The van der Waals surface area contributed by atoms with Crippen molar-refractivity contribution >= 4 is 5.96 Å². The molecule has 19 heavy (non-hydrogen) atoms. The third-order valence-corrected chi connectivity index (χ3v) is 3.75. The minimum Gasteiger partial charge on any atom is -0.370 e. The van der Waals surface area contributed by atoms with E-state index >= 15 is 0 Å². The van der Waals surface area contributed by atoms with Crippen molar-refractivity contribution in [2.24, 2.45) is 16.6 Å². The van der Waals surface area contributed by atoms with E-state index in [1.807, 2.05) is 0 Å². The molecular weight excluding hydrogens is 238 g/mol. The zero-order chi connectivity index (χ0) is 14.3. The van der Waals surface area contributed by atoms with Crippen molar-refractivity contribution < 1.29 is 0 Å². The maximum absolute atomic E-state index is 5.87. The van der Waals surface area contributed by atoms with Gasteiger partial charge in [0.25, 0.3) is 0 Å². The molecule has 2 atom stereocenters. The maximum atomic E-state index is 5.87. The lowest BCUT2D eigenvalue weighted by molar-refractivity contribution is 0.140. The first-order chi connectivity index (χ1) is 9.01. The normalized spacial score (nSPS) is 22.2. The fraction of sp³-hybridized carbons (Fsp3) is 0.929. The Morgan fingerprint density at radius 3 is 2.47 bits per heavy atom. The molecule has 0 aromatic rings. The fourth-order valence-electron chi connectivity index (χ4n) is 2.18. The largest absolute Gasteiger partial charge is 0.370 e. The van der Waals surface area contributed by atoms with Crippen LogP contribution in [0.25, 0.3) is 0 Å². The Kier molecular flexibility index (Phi) is 7.16. The van der Waals surface area contributed by atoms with E-state index in [4.69, 9.17) is 5.73 Å². The summed E-state index contributed by atoms with van der Waals surface area (Å²) < 4.78 is 0. The van der Waals surface area contributed by atoms with Crippen LogP contribution >= 0.6 is 0 Å². The number of aliphatic imine (C=N–C) groups is 1. The van der Waals surface area contributed by atoms with E-state index in [-0.39, 0.29) is 0 Å². The first-order valence-corrected chi connectivity index (χ1v) is 7.48. The summed E-state index contributed by atoms with van der Waals surface area (Å²) in [6.07, 6.45) is 1.06. The van der Waals surface area contributed by atoms with Gasteiger partial charge in [-0.1, -0.05) is 13.8 Å². The summed E-state index contributed by atoms with van der Waals surface area (Å²) in [5.41, 5.74) is 5.87. The van der Waals surface area contributed by atoms with Crippen molar-refractivity contribution in [3.05, 3.63) is 0 Å². The monoisotopic (exact) mass is 269 g/mol. The number of hydrogen-bond acceptors (Lipinski definition) is 3. The second kappa shape index (κ2) is 8.38. The number of guanidine groups is 1. The Morgan fingerprint density at radius 2 is 1.89 bits per heavy atom. The Morgan fingerprint density at radius 1 is 1.26 bits per heavy atom. The highest BCUT2D eigenvalue weighted by Gasteiger charge is 2.15. The van der Waals surface area contributed by atoms with E-state index in [1.54, 1.807) is 0 Å². The molecule has 0 radical (unpaired) electrons. The van der Waals surface area contributed by atoms with Crippen LogP contribution in [-0.2, 0) is 0 Å². The summed E-state index contributed by atoms with van der Waals surface area (Å²) in [5, 5.41) is 3.20. The molecule has 0 aromatic heterocycles.